The van der Waals surface area contributed by atoms with Crippen LogP contribution in [0.2, 0.25) is 0 Å². The Morgan fingerprint density at radius 2 is 1.16 bits per heavy atom. The Hall–Kier alpha value is -1.93. The molecule has 6 rings (SSSR count). The van der Waals surface area contributed by atoms with E-state index in [9.17, 15) is 0 Å². The van der Waals surface area contributed by atoms with Gasteiger partial charge in [0.1, 0.15) is 0 Å². The summed E-state index contributed by atoms with van der Waals surface area (Å²) >= 11 is 4.89. The molecule has 0 aliphatic heterocycles. The van der Waals surface area contributed by atoms with E-state index in [1.54, 1.807) is 17.6 Å². The SMILES string of the molecule is Cc1cc2c(cc1C(C)(C)C)-c1cc(C(C)(C)C)c(C)cc1[CH]2[Zr]([C]1=CC=CC1)=[C](c1cccc(Br)c1)c1cccc(Br)c1. The summed E-state index contributed by atoms with van der Waals surface area (Å²) in [5.74, 6) is 0. The van der Waals surface area contributed by atoms with Crippen molar-refractivity contribution in [2.45, 2.75) is 76.3 Å². The van der Waals surface area contributed by atoms with Crippen LogP contribution in [-0.4, -0.2) is 3.21 Å². The van der Waals surface area contributed by atoms with Crippen molar-refractivity contribution in [2.75, 3.05) is 0 Å². The van der Waals surface area contributed by atoms with E-state index >= 15 is 0 Å². The topological polar surface area (TPSA) is 0 Å². The van der Waals surface area contributed by atoms with Gasteiger partial charge in [0, 0.05) is 0 Å². The second kappa shape index (κ2) is 12.0. The van der Waals surface area contributed by atoms with Gasteiger partial charge in [-0.15, -0.1) is 0 Å². The van der Waals surface area contributed by atoms with Gasteiger partial charge in [0.25, 0.3) is 0 Å². The zero-order chi connectivity index (χ0) is 31.6. The van der Waals surface area contributed by atoms with Gasteiger partial charge in [-0.25, -0.2) is 0 Å². The maximum absolute atomic E-state index is 3.83. The molecular weight excluding hydrogens is 743 g/mol. The molecule has 0 amide bonds. The zero-order valence-electron chi connectivity index (χ0n) is 27.2. The van der Waals surface area contributed by atoms with Crippen LogP contribution in [0.25, 0.3) is 11.1 Å². The van der Waals surface area contributed by atoms with Crippen molar-refractivity contribution < 1.29 is 21.3 Å². The third-order valence-electron chi connectivity index (χ3n) is 9.22. The van der Waals surface area contributed by atoms with Gasteiger partial charge >= 0.3 is 291 Å². The van der Waals surface area contributed by atoms with E-state index in [-0.39, 0.29) is 10.8 Å². The van der Waals surface area contributed by atoms with Crippen LogP contribution in [0.15, 0.2) is 103 Å². The minimum absolute atomic E-state index is 0.0817. The third kappa shape index (κ3) is 5.99. The summed E-state index contributed by atoms with van der Waals surface area (Å²) < 4.78 is 5.90. The molecule has 3 heteroatoms. The fourth-order valence-electron chi connectivity index (χ4n) is 7.40. The van der Waals surface area contributed by atoms with Gasteiger partial charge in [-0.3, -0.25) is 0 Å². The first-order chi connectivity index (χ1) is 20.7. The summed E-state index contributed by atoms with van der Waals surface area (Å²) in [6.07, 6.45) is 8.19. The third-order valence-corrected chi connectivity index (χ3v) is 18.5. The summed E-state index contributed by atoms with van der Waals surface area (Å²) in [6.45, 7) is 18.8. The van der Waals surface area contributed by atoms with E-state index < -0.39 is 21.3 Å². The molecule has 2 aliphatic rings. The molecule has 4 aromatic carbocycles. The number of allylic oxidation sites excluding steroid dienone is 4. The van der Waals surface area contributed by atoms with E-state index in [1.165, 1.54) is 44.5 Å². The van der Waals surface area contributed by atoms with Crippen LogP contribution in [0.3, 0.4) is 0 Å². The van der Waals surface area contributed by atoms with Gasteiger partial charge in [0.05, 0.1) is 0 Å². The average molecular weight is 786 g/mol. The molecule has 0 aromatic heterocycles. The number of hydrogen-bond acceptors (Lipinski definition) is 0. The van der Waals surface area contributed by atoms with E-state index in [2.05, 4.69) is 178 Å². The molecule has 0 fully saturated rings. The van der Waals surface area contributed by atoms with E-state index in [0.717, 1.165) is 15.4 Å². The first-order valence-corrected chi connectivity index (χ1v) is 21.1. The van der Waals surface area contributed by atoms with Crippen molar-refractivity contribution >= 4 is 35.1 Å². The fraction of sp³-hybridized carbons (Fsp3) is 0.293. The molecule has 0 radical (unpaired) electrons. The van der Waals surface area contributed by atoms with Gasteiger partial charge in [-0.1, -0.05) is 0 Å². The summed E-state index contributed by atoms with van der Waals surface area (Å²) in [5.41, 5.74) is 14.6. The molecule has 0 heterocycles. The Morgan fingerprint density at radius 3 is 1.55 bits per heavy atom. The van der Waals surface area contributed by atoms with Gasteiger partial charge in [-0.05, 0) is 0 Å². The van der Waals surface area contributed by atoms with Crippen LogP contribution < -0.4 is 0 Å². The number of hydrogen-bond donors (Lipinski definition) is 0. The van der Waals surface area contributed by atoms with Crippen LogP contribution in [0.4, 0.5) is 0 Å². The quantitative estimate of drug-likeness (QED) is 0.193. The first-order valence-electron chi connectivity index (χ1n) is 15.7. The number of halogens is 2. The number of fused-ring (bicyclic) bond motifs is 3. The van der Waals surface area contributed by atoms with Crippen LogP contribution >= 0.6 is 31.9 Å². The van der Waals surface area contributed by atoms with Crippen LogP contribution in [-0.2, 0) is 32.1 Å². The molecular formula is C41H42Br2Zr. The first kappa shape index (κ1) is 32.0. The van der Waals surface area contributed by atoms with Crippen LogP contribution in [0, 0.1) is 13.8 Å². The monoisotopic (exact) mass is 782 g/mol. The zero-order valence-corrected chi connectivity index (χ0v) is 32.8. The Balaban J connectivity index is 1.77. The minimum atomic E-state index is -2.76. The van der Waals surface area contributed by atoms with Crippen LogP contribution in [0.1, 0.15) is 96.1 Å². The molecule has 0 N–H and O–H groups in total. The molecule has 44 heavy (non-hydrogen) atoms. The summed E-state index contributed by atoms with van der Waals surface area (Å²) in [4.78, 5) is 0. The molecule has 0 bridgehead atoms. The fourth-order valence-corrected chi connectivity index (χ4v) is 17.1. The van der Waals surface area contributed by atoms with Crippen molar-refractivity contribution in [1.29, 1.82) is 0 Å². The maximum atomic E-state index is 3.83. The van der Waals surface area contributed by atoms with Crippen molar-refractivity contribution in [3.63, 3.8) is 0 Å². The van der Waals surface area contributed by atoms with E-state index in [0.29, 0.717) is 3.63 Å². The van der Waals surface area contributed by atoms with Gasteiger partial charge in [0.15, 0.2) is 0 Å². The molecule has 2 aliphatic carbocycles. The number of aryl methyl sites for hydroxylation is 2. The molecule has 0 atom stereocenters. The molecule has 224 valence electrons. The second-order valence-corrected chi connectivity index (χ2v) is 22.7. The van der Waals surface area contributed by atoms with Crippen molar-refractivity contribution in [3.05, 3.63) is 148 Å². The van der Waals surface area contributed by atoms with Gasteiger partial charge < -0.3 is 0 Å². The van der Waals surface area contributed by atoms with Gasteiger partial charge in [0.2, 0.25) is 0 Å². The van der Waals surface area contributed by atoms with E-state index in [1.807, 2.05) is 0 Å². The van der Waals surface area contributed by atoms with Gasteiger partial charge in [-0.2, -0.15) is 0 Å². The summed E-state index contributed by atoms with van der Waals surface area (Å²) in [5, 5.41) is 0. The Bertz CT molecular complexity index is 1770. The summed E-state index contributed by atoms with van der Waals surface area (Å²) in [6, 6.07) is 28.3. The predicted octanol–water partition coefficient (Wildman–Crippen LogP) is 12.2. The molecule has 0 spiro atoms. The van der Waals surface area contributed by atoms with Crippen molar-refractivity contribution in [1.82, 2.24) is 0 Å². The Kier molecular flexibility index (Phi) is 8.75. The molecule has 0 saturated carbocycles. The molecule has 4 aromatic rings. The normalized spacial score (nSPS) is 14.5. The standard InChI is InChI=1S/C23H29.C13H8Br2.C5H5.Zr/c1-14-9-16-11-17-10-15(2)21(23(6,7)8)13-19(17)18(16)12-20(14)22(3,4)5;14-12-5-1-3-10(8-12)7-11-4-2-6-13(15)9-11;1-2-4-5-3-1;/h9-13H,1-8H3;1-6,8-9H;1-3H,4H2;. The predicted molar refractivity (Wildman–Crippen MR) is 194 cm³/mol. The number of benzene rings is 4. The summed E-state index contributed by atoms with van der Waals surface area (Å²) in [7, 11) is 0. The molecule has 0 saturated heterocycles. The molecule has 0 unspecified atom stereocenters. The Labute approximate surface area is 289 Å². The van der Waals surface area contributed by atoms with Crippen molar-refractivity contribution in [3.8, 4) is 11.1 Å². The Morgan fingerprint density at radius 1 is 0.682 bits per heavy atom. The average Bonchev–Trinajstić information content (AvgIpc) is 3.56. The van der Waals surface area contributed by atoms with Crippen LogP contribution in [0.5, 0.6) is 0 Å². The molecule has 0 nitrogen and oxygen atoms in total. The van der Waals surface area contributed by atoms with E-state index in [4.69, 9.17) is 0 Å². The van der Waals surface area contributed by atoms with Crippen molar-refractivity contribution in [2.24, 2.45) is 0 Å². The second-order valence-electron chi connectivity index (χ2n) is 14.6. The number of rotatable bonds is 4.